The lowest BCUT2D eigenvalue weighted by atomic mass is 9.84. The Morgan fingerprint density at radius 2 is 1.88 bits per heavy atom. The minimum atomic E-state index is -0.192. The molecule has 0 fully saturated rings. The van der Waals surface area contributed by atoms with E-state index >= 15 is 0 Å². The fourth-order valence-electron chi connectivity index (χ4n) is 1.62. The summed E-state index contributed by atoms with van der Waals surface area (Å²) in [7, 11) is 0. The van der Waals surface area contributed by atoms with E-state index in [0.29, 0.717) is 0 Å². The zero-order valence-electron chi connectivity index (χ0n) is 10.3. The lowest BCUT2D eigenvalue weighted by Crippen LogP contribution is -2.38. The third-order valence-corrected chi connectivity index (χ3v) is 2.66. The maximum atomic E-state index is 12.8. The van der Waals surface area contributed by atoms with Crippen molar-refractivity contribution in [1.82, 2.24) is 5.32 Å². The predicted octanol–water partition coefficient (Wildman–Crippen LogP) is 2.04. The fourth-order valence-corrected chi connectivity index (χ4v) is 1.62. The molecule has 1 unspecified atom stereocenters. The summed E-state index contributed by atoms with van der Waals surface area (Å²) in [5.74, 6) is -0.192. The van der Waals surface area contributed by atoms with E-state index in [1.807, 2.05) is 19.1 Å². The smallest absolute Gasteiger partial charge is 0.123 e. The molecule has 0 heterocycles. The van der Waals surface area contributed by atoms with E-state index in [0.717, 1.165) is 18.7 Å². The monoisotopic (exact) mass is 224 g/mol. The van der Waals surface area contributed by atoms with Crippen LogP contribution in [0.2, 0.25) is 0 Å². The molecule has 1 atom stereocenters. The van der Waals surface area contributed by atoms with Gasteiger partial charge in [0.2, 0.25) is 0 Å². The van der Waals surface area contributed by atoms with Crippen LogP contribution in [0.4, 0.5) is 4.39 Å². The van der Waals surface area contributed by atoms with E-state index in [9.17, 15) is 4.39 Å². The van der Waals surface area contributed by atoms with Crippen LogP contribution < -0.4 is 11.1 Å². The van der Waals surface area contributed by atoms with Crippen LogP contribution in [0.5, 0.6) is 0 Å². The van der Waals surface area contributed by atoms with Crippen molar-refractivity contribution in [2.45, 2.75) is 32.2 Å². The van der Waals surface area contributed by atoms with Gasteiger partial charge in [0.15, 0.2) is 0 Å². The Hall–Kier alpha value is -0.930. The largest absolute Gasteiger partial charge is 0.327 e. The Kier molecular flexibility index (Phi) is 4.44. The Balaban J connectivity index is 2.59. The number of halogens is 1. The first-order valence-electron chi connectivity index (χ1n) is 5.64. The highest BCUT2D eigenvalue weighted by Crippen LogP contribution is 2.22. The molecule has 1 aromatic carbocycles. The topological polar surface area (TPSA) is 38.0 Å². The summed E-state index contributed by atoms with van der Waals surface area (Å²) in [4.78, 5) is 0. The van der Waals surface area contributed by atoms with Crippen molar-refractivity contribution < 1.29 is 4.39 Å². The maximum Gasteiger partial charge on any atom is 0.123 e. The van der Waals surface area contributed by atoms with Crippen LogP contribution in [0.25, 0.3) is 0 Å². The van der Waals surface area contributed by atoms with Gasteiger partial charge in [0.1, 0.15) is 5.82 Å². The molecule has 0 spiro atoms. The second-order valence-electron chi connectivity index (χ2n) is 5.00. The Morgan fingerprint density at radius 3 is 2.38 bits per heavy atom. The van der Waals surface area contributed by atoms with Gasteiger partial charge < -0.3 is 11.1 Å². The van der Waals surface area contributed by atoms with Gasteiger partial charge in [-0.15, -0.1) is 0 Å². The molecular formula is C13H21FN2. The van der Waals surface area contributed by atoms with Crippen molar-refractivity contribution in [3.63, 3.8) is 0 Å². The first kappa shape index (κ1) is 13.1. The minimum Gasteiger partial charge on any atom is -0.327 e. The van der Waals surface area contributed by atoms with Gasteiger partial charge in [-0.05, 0) is 24.6 Å². The predicted molar refractivity (Wildman–Crippen MR) is 65.9 cm³/mol. The van der Waals surface area contributed by atoms with Gasteiger partial charge in [0.05, 0.1) is 0 Å². The standard InChI is InChI=1S/C13H21FN2/c1-10(15)8-16-9-13(2,3)11-4-6-12(14)7-5-11/h4-7,10,16H,8-9,15H2,1-3H3. The molecule has 16 heavy (non-hydrogen) atoms. The molecule has 1 aromatic rings. The highest BCUT2D eigenvalue weighted by Gasteiger charge is 2.19. The van der Waals surface area contributed by atoms with E-state index in [1.54, 1.807) is 0 Å². The molecular weight excluding hydrogens is 203 g/mol. The SMILES string of the molecule is CC(N)CNCC(C)(C)c1ccc(F)cc1. The molecule has 2 nitrogen and oxygen atoms in total. The molecule has 90 valence electrons. The van der Waals surface area contributed by atoms with Gasteiger partial charge in [-0.2, -0.15) is 0 Å². The molecule has 3 N–H and O–H groups in total. The number of benzene rings is 1. The lowest BCUT2D eigenvalue weighted by Gasteiger charge is -2.26. The molecule has 0 radical (unpaired) electrons. The van der Waals surface area contributed by atoms with Crippen molar-refractivity contribution in [2.24, 2.45) is 5.73 Å². The van der Waals surface area contributed by atoms with Crippen LogP contribution in [-0.4, -0.2) is 19.1 Å². The van der Waals surface area contributed by atoms with E-state index in [1.165, 1.54) is 12.1 Å². The van der Waals surface area contributed by atoms with E-state index in [-0.39, 0.29) is 17.3 Å². The summed E-state index contributed by atoms with van der Waals surface area (Å²) < 4.78 is 12.8. The van der Waals surface area contributed by atoms with Gasteiger partial charge in [-0.1, -0.05) is 26.0 Å². The molecule has 3 heteroatoms. The van der Waals surface area contributed by atoms with Crippen molar-refractivity contribution >= 4 is 0 Å². The van der Waals surface area contributed by atoms with Gasteiger partial charge in [0.25, 0.3) is 0 Å². The zero-order chi connectivity index (χ0) is 12.2. The zero-order valence-corrected chi connectivity index (χ0v) is 10.3. The minimum absolute atomic E-state index is 0.0113. The van der Waals surface area contributed by atoms with E-state index < -0.39 is 0 Å². The van der Waals surface area contributed by atoms with Crippen LogP contribution in [0, 0.1) is 5.82 Å². The molecule has 0 amide bonds. The second-order valence-corrected chi connectivity index (χ2v) is 5.00. The van der Waals surface area contributed by atoms with Crippen molar-refractivity contribution in [3.8, 4) is 0 Å². The lowest BCUT2D eigenvalue weighted by molar-refractivity contribution is 0.457. The number of nitrogens with two attached hydrogens (primary N) is 1. The summed E-state index contributed by atoms with van der Waals surface area (Å²) in [6.07, 6.45) is 0. The highest BCUT2D eigenvalue weighted by atomic mass is 19.1. The molecule has 0 bridgehead atoms. The first-order chi connectivity index (χ1) is 7.42. The van der Waals surface area contributed by atoms with Crippen LogP contribution >= 0.6 is 0 Å². The van der Waals surface area contributed by atoms with Crippen molar-refractivity contribution in [2.75, 3.05) is 13.1 Å². The molecule has 0 aromatic heterocycles. The van der Waals surface area contributed by atoms with Crippen LogP contribution in [0.15, 0.2) is 24.3 Å². The van der Waals surface area contributed by atoms with E-state index in [4.69, 9.17) is 5.73 Å². The third-order valence-electron chi connectivity index (χ3n) is 2.66. The van der Waals surface area contributed by atoms with Crippen LogP contribution in [-0.2, 0) is 5.41 Å². The first-order valence-corrected chi connectivity index (χ1v) is 5.64. The molecule has 0 saturated carbocycles. The maximum absolute atomic E-state index is 12.8. The molecule has 0 aliphatic rings. The van der Waals surface area contributed by atoms with Crippen LogP contribution in [0.3, 0.4) is 0 Å². The third kappa shape index (κ3) is 3.91. The second kappa shape index (κ2) is 5.41. The van der Waals surface area contributed by atoms with Crippen molar-refractivity contribution in [3.05, 3.63) is 35.6 Å². The average molecular weight is 224 g/mol. The normalized spacial score (nSPS) is 13.8. The molecule has 0 saturated heterocycles. The summed E-state index contributed by atoms with van der Waals surface area (Å²) >= 11 is 0. The molecule has 1 rings (SSSR count). The average Bonchev–Trinajstić information content (AvgIpc) is 2.17. The van der Waals surface area contributed by atoms with Gasteiger partial charge >= 0.3 is 0 Å². The fraction of sp³-hybridized carbons (Fsp3) is 0.538. The van der Waals surface area contributed by atoms with Gasteiger partial charge in [-0.3, -0.25) is 0 Å². The highest BCUT2D eigenvalue weighted by molar-refractivity contribution is 5.24. The van der Waals surface area contributed by atoms with Crippen molar-refractivity contribution in [1.29, 1.82) is 0 Å². The Morgan fingerprint density at radius 1 is 1.31 bits per heavy atom. The number of hydrogen-bond donors (Lipinski definition) is 2. The summed E-state index contributed by atoms with van der Waals surface area (Å²) in [5.41, 5.74) is 6.79. The Bertz CT molecular complexity index is 317. The van der Waals surface area contributed by atoms with E-state index in [2.05, 4.69) is 19.2 Å². The number of nitrogens with one attached hydrogen (secondary N) is 1. The molecule has 0 aliphatic carbocycles. The number of rotatable bonds is 5. The number of hydrogen-bond acceptors (Lipinski definition) is 2. The summed E-state index contributed by atoms with van der Waals surface area (Å²) in [5, 5.41) is 3.32. The quantitative estimate of drug-likeness (QED) is 0.803. The van der Waals surface area contributed by atoms with Gasteiger partial charge in [-0.25, -0.2) is 4.39 Å². The summed E-state index contributed by atoms with van der Waals surface area (Å²) in [6, 6.07) is 6.83. The van der Waals surface area contributed by atoms with Crippen LogP contribution in [0.1, 0.15) is 26.3 Å². The molecule has 0 aliphatic heterocycles. The summed E-state index contributed by atoms with van der Waals surface area (Å²) in [6.45, 7) is 7.87. The van der Waals surface area contributed by atoms with Gasteiger partial charge in [0, 0.05) is 24.5 Å². The Labute approximate surface area is 97.0 Å².